The second-order valence-corrected chi connectivity index (χ2v) is 5.90. The zero-order valence-corrected chi connectivity index (χ0v) is 11.9. The van der Waals surface area contributed by atoms with Gasteiger partial charge in [0, 0.05) is 32.4 Å². The fourth-order valence-corrected chi connectivity index (χ4v) is 3.04. The van der Waals surface area contributed by atoms with Crippen molar-refractivity contribution in [2.75, 3.05) is 37.6 Å². The third-order valence-corrected chi connectivity index (χ3v) is 4.41. The Morgan fingerprint density at radius 2 is 2.05 bits per heavy atom. The Balaban J connectivity index is 1.57. The molecule has 0 N–H and O–H groups in total. The van der Waals surface area contributed by atoms with Crippen molar-refractivity contribution in [3.63, 3.8) is 0 Å². The van der Waals surface area contributed by atoms with Crippen molar-refractivity contribution in [3.8, 4) is 0 Å². The molecular weight excluding hydrogens is 236 g/mol. The maximum absolute atomic E-state index is 4.55. The van der Waals surface area contributed by atoms with Crippen LogP contribution in [0.2, 0.25) is 0 Å². The molecule has 3 rings (SSSR count). The minimum absolute atomic E-state index is 0.869. The molecule has 4 nitrogen and oxygen atoms in total. The molecule has 0 unspecified atom stereocenters. The van der Waals surface area contributed by atoms with Crippen LogP contribution in [0.4, 0.5) is 5.82 Å². The lowest BCUT2D eigenvalue weighted by atomic mass is 9.85. The predicted molar refractivity (Wildman–Crippen MR) is 77.4 cm³/mol. The molecule has 0 spiro atoms. The summed E-state index contributed by atoms with van der Waals surface area (Å²) in [7, 11) is 0. The van der Waals surface area contributed by atoms with E-state index in [0.29, 0.717) is 0 Å². The Kier molecular flexibility index (Phi) is 3.97. The van der Waals surface area contributed by atoms with Crippen LogP contribution in [-0.2, 0) is 0 Å². The van der Waals surface area contributed by atoms with Crippen molar-refractivity contribution in [2.45, 2.75) is 32.6 Å². The molecule has 19 heavy (non-hydrogen) atoms. The Morgan fingerprint density at radius 1 is 1.16 bits per heavy atom. The van der Waals surface area contributed by atoms with Crippen molar-refractivity contribution in [3.05, 3.63) is 18.1 Å². The molecule has 1 aliphatic carbocycles. The lowest BCUT2D eigenvalue weighted by Crippen LogP contribution is -2.36. The van der Waals surface area contributed by atoms with Gasteiger partial charge in [0.25, 0.3) is 0 Å². The van der Waals surface area contributed by atoms with Gasteiger partial charge in [0.2, 0.25) is 0 Å². The highest BCUT2D eigenvalue weighted by molar-refractivity contribution is 5.37. The van der Waals surface area contributed by atoms with Crippen LogP contribution in [0.25, 0.3) is 0 Å². The van der Waals surface area contributed by atoms with Gasteiger partial charge in [0.1, 0.15) is 11.6 Å². The molecule has 1 aliphatic heterocycles. The number of hydrogen-bond acceptors (Lipinski definition) is 4. The standard InChI is InChI=1S/C15H24N4/c1-13-16-7-6-15(17-13)19-9-3-8-18(10-11-19)12-14-4-2-5-14/h6-7,14H,2-5,8-12H2,1H3. The minimum Gasteiger partial charge on any atom is -0.355 e. The first-order chi connectivity index (χ1) is 9.31. The van der Waals surface area contributed by atoms with E-state index in [9.17, 15) is 0 Å². The van der Waals surface area contributed by atoms with E-state index in [1.165, 1.54) is 45.3 Å². The summed E-state index contributed by atoms with van der Waals surface area (Å²) >= 11 is 0. The number of aromatic nitrogens is 2. The van der Waals surface area contributed by atoms with Gasteiger partial charge in [-0.1, -0.05) is 6.42 Å². The number of aryl methyl sites for hydroxylation is 1. The first-order valence-electron chi connectivity index (χ1n) is 7.58. The van der Waals surface area contributed by atoms with Gasteiger partial charge in [-0.15, -0.1) is 0 Å². The average molecular weight is 260 g/mol. The highest BCUT2D eigenvalue weighted by Gasteiger charge is 2.22. The van der Waals surface area contributed by atoms with Crippen molar-refractivity contribution in [2.24, 2.45) is 5.92 Å². The van der Waals surface area contributed by atoms with Crippen molar-refractivity contribution >= 4 is 5.82 Å². The van der Waals surface area contributed by atoms with E-state index < -0.39 is 0 Å². The smallest absolute Gasteiger partial charge is 0.132 e. The molecule has 0 atom stereocenters. The van der Waals surface area contributed by atoms with E-state index >= 15 is 0 Å². The van der Waals surface area contributed by atoms with Crippen LogP contribution >= 0.6 is 0 Å². The molecule has 0 aromatic carbocycles. The third-order valence-electron chi connectivity index (χ3n) is 4.41. The van der Waals surface area contributed by atoms with Crippen LogP contribution in [0.3, 0.4) is 0 Å². The number of rotatable bonds is 3. The molecule has 2 aliphatic rings. The summed E-state index contributed by atoms with van der Waals surface area (Å²) < 4.78 is 0. The summed E-state index contributed by atoms with van der Waals surface area (Å²) in [6, 6.07) is 2.04. The van der Waals surface area contributed by atoms with E-state index in [2.05, 4.69) is 19.8 Å². The van der Waals surface area contributed by atoms with Crippen LogP contribution in [0.5, 0.6) is 0 Å². The average Bonchev–Trinajstić information content (AvgIpc) is 2.59. The maximum atomic E-state index is 4.55. The van der Waals surface area contributed by atoms with Gasteiger partial charge in [-0.25, -0.2) is 9.97 Å². The second-order valence-electron chi connectivity index (χ2n) is 5.90. The highest BCUT2D eigenvalue weighted by atomic mass is 15.2. The van der Waals surface area contributed by atoms with Crippen LogP contribution in [0.1, 0.15) is 31.5 Å². The zero-order chi connectivity index (χ0) is 13.1. The molecule has 1 saturated carbocycles. The molecule has 104 valence electrons. The number of hydrogen-bond donors (Lipinski definition) is 0. The van der Waals surface area contributed by atoms with Crippen molar-refractivity contribution in [1.29, 1.82) is 0 Å². The van der Waals surface area contributed by atoms with Crippen LogP contribution < -0.4 is 4.90 Å². The van der Waals surface area contributed by atoms with Gasteiger partial charge in [0.15, 0.2) is 0 Å². The molecule has 2 fully saturated rings. The SMILES string of the molecule is Cc1nccc(N2CCCN(CC3CCC3)CC2)n1. The Labute approximate surface area is 115 Å². The van der Waals surface area contributed by atoms with Crippen LogP contribution in [-0.4, -0.2) is 47.6 Å². The predicted octanol–water partition coefficient (Wildman–Crippen LogP) is 2.10. The third kappa shape index (κ3) is 3.24. The first kappa shape index (κ1) is 12.9. The summed E-state index contributed by atoms with van der Waals surface area (Å²) in [5.74, 6) is 2.94. The van der Waals surface area contributed by atoms with Gasteiger partial charge in [0.05, 0.1) is 0 Å². The van der Waals surface area contributed by atoms with Crippen LogP contribution in [0.15, 0.2) is 12.3 Å². The summed E-state index contributed by atoms with van der Waals surface area (Å²) in [5, 5.41) is 0. The largest absolute Gasteiger partial charge is 0.355 e. The van der Waals surface area contributed by atoms with E-state index in [4.69, 9.17) is 0 Å². The van der Waals surface area contributed by atoms with Crippen LogP contribution in [0, 0.1) is 12.8 Å². The molecule has 1 aromatic heterocycles. The fourth-order valence-electron chi connectivity index (χ4n) is 3.04. The zero-order valence-electron chi connectivity index (χ0n) is 11.9. The molecule has 0 radical (unpaired) electrons. The first-order valence-corrected chi connectivity index (χ1v) is 7.58. The van der Waals surface area contributed by atoms with E-state index in [1.807, 2.05) is 19.2 Å². The maximum Gasteiger partial charge on any atom is 0.132 e. The molecule has 1 saturated heterocycles. The van der Waals surface area contributed by atoms with E-state index in [0.717, 1.165) is 30.6 Å². The van der Waals surface area contributed by atoms with Crippen molar-refractivity contribution in [1.82, 2.24) is 14.9 Å². The monoisotopic (exact) mass is 260 g/mol. The van der Waals surface area contributed by atoms with Gasteiger partial charge in [-0.05, 0) is 44.7 Å². The molecule has 4 heteroatoms. The summed E-state index contributed by atoms with van der Waals surface area (Å²) in [6.45, 7) is 7.93. The normalized spacial score (nSPS) is 22.1. The summed E-state index contributed by atoms with van der Waals surface area (Å²) in [4.78, 5) is 13.8. The summed E-state index contributed by atoms with van der Waals surface area (Å²) in [5.41, 5.74) is 0. The van der Waals surface area contributed by atoms with E-state index in [-0.39, 0.29) is 0 Å². The molecule has 0 bridgehead atoms. The molecular formula is C15H24N4. The molecule has 0 amide bonds. The molecule has 2 heterocycles. The minimum atomic E-state index is 0.869. The van der Waals surface area contributed by atoms with Crippen molar-refractivity contribution < 1.29 is 0 Å². The number of nitrogens with zero attached hydrogens (tertiary/aromatic N) is 4. The number of anilines is 1. The Bertz CT molecular complexity index is 416. The van der Waals surface area contributed by atoms with Gasteiger partial charge < -0.3 is 9.80 Å². The second kappa shape index (κ2) is 5.87. The quantitative estimate of drug-likeness (QED) is 0.833. The van der Waals surface area contributed by atoms with E-state index in [1.54, 1.807) is 0 Å². The Morgan fingerprint density at radius 3 is 2.79 bits per heavy atom. The topological polar surface area (TPSA) is 32.3 Å². The fraction of sp³-hybridized carbons (Fsp3) is 0.733. The van der Waals surface area contributed by atoms with Gasteiger partial charge >= 0.3 is 0 Å². The van der Waals surface area contributed by atoms with Gasteiger partial charge in [-0.2, -0.15) is 0 Å². The lowest BCUT2D eigenvalue weighted by Gasteiger charge is -2.31. The molecule has 1 aromatic rings. The Hall–Kier alpha value is -1.16. The van der Waals surface area contributed by atoms with Gasteiger partial charge in [-0.3, -0.25) is 0 Å². The summed E-state index contributed by atoms with van der Waals surface area (Å²) in [6.07, 6.45) is 7.46. The highest BCUT2D eigenvalue weighted by Crippen LogP contribution is 2.27. The lowest BCUT2D eigenvalue weighted by molar-refractivity contribution is 0.186.